The van der Waals surface area contributed by atoms with Crippen LogP contribution < -0.4 is 16.4 Å². The molecule has 3 fully saturated rings. The fraction of sp³-hybridized carbons (Fsp3) is 0.458. The number of piperidine rings is 1. The number of carbonyl (C=O) groups excluding carboxylic acids is 2. The van der Waals surface area contributed by atoms with Crippen LogP contribution in [0.4, 0.5) is 5.82 Å². The van der Waals surface area contributed by atoms with Gasteiger partial charge in [0.05, 0.1) is 30.0 Å². The summed E-state index contributed by atoms with van der Waals surface area (Å²) in [7, 11) is 3.51. The van der Waals surface area contributed by atoms with E-state index in [0.29, 0.717) is 35.7 Å². The molecular weight excluding hydrogens is 446 g/mol. The third-order valence-electron chi connectivity index (χ3n) is 6.72. The summed E-state index contributed by atoms with van der Waals surface area (Å²) in [5.74, 6) is 1.92. The number of aliphatic imine (C=N–C) groups is 1. The predicted molar refractivity (Wildman–Crippen MR) is 135 cm³/mol. The molecule has 3 atom stereocenters. The maximum Gasteiger partial charge on any atom is 0.270 e. The molecule has 186 valence electrons. The van der Waals surface area contributed by atoms with E-state index in [1.165, 1.54) is 19.7 Å². The molecule has 1 saturated carbocycles. The highest BCUT2D eigenvalue weighted by molar-refractivity contribution is 6.00. The van der Waals surface area contributed by atoms with Crippen molar-refractivity contribution in [3.05, 3.63) is 36.4 Å². The maximum absolute atomic E-state index is 12.1. The normalized spacial score (nSPS) is 22.5. The summed E-state index contributed by atoms with van der Waals surface area (Å²) < 4.78 is 3.28. The van der Waals surface area contributed by atoms with Gasteiger partial charge < -0.3 is 21.3 Å². The van der Waals surface area contributed by atoms with E-state index in [4.69, 9.17) is 5.73 Å². The summed E-state index contributed by atoms with van der Waals surface area (Å²) in [5.41, 5.74) is 8.83. The molecular formula is C24H33N9O2. The van der Waals surface area contributed by atoms with Crippen molar-refractivity contribution in [1.29, 1.82) is 0 Å². The third kappa shape index (κ3) is 4.71. The number of amides is 1. The van der Waals surface area contributed by atoms with Gasteiger partial charge in [-0.1, -0.05) is 13.5 Å². The van der Waals surface area contributed by atoms with Gasteiger partial charge in [0.25, 0.3) is 5.91 Å². The Balaban J connectivity index is 0.000000168. The number of aromatic nitrogens is 4. The number of ketones is 1. The van der Waals surface area contributed by atoms with E-state index in [1.807, 2.05) is 18.1 Å². The summed E-state index contributed by atoms with van der Waals surface area (Å²) in [6, 6.07) is 0.886. The fourth-order valence-electron chi connectivity index (χ4n) is 5.01. The summed E-state index contributed by atoms with van der Waals surface area (Å²) in [6.45, 7) is 7.93. The summed E-state index contributed by atoms with van der Waals surface area (Å²) in [6.07, 6.45) is 10.3. The number of fused-ring (bicyclic) bond motifs is 3. The molecule has 2 bridgehead atoms. The summed E-state index contributed by atoms with van der Waals surface area (Å²) in [4.78, 5) is 29.3. The Kier molecular flexibility index (Phi) is 6.77. The Morgan fingerprint density at radius 3 is 2.57 bits per heavy atom. The first kappa shape index (κ1) is 24.2. The molecule has 0 spiro atoms. The van der Waals surface area contributed by atoms with Crippen LogP contribution in [0.25, 0.3) is 16.9 Å². The van der Waals surface area contributed by atoms with E-state index < -0.39 is 0 Å². The van der Waals surface area contributed by atoms with E-state index in [9.17, 15) is 9.59 Å². The van der Waals surface area contributed by atoms with Crippen LogP contribution >= 0.6 is 0 Å². The number of nitrogens with zero attached hydrogens (tertiary/aromatic N) is 6. The minimum absolute atomic E-state index is 0.0352. The number of Topliss-reactive ketones (excluding diaryl/α,β-unsaturated/α-hetero) is 1. The van der Waals surface area contributed by atoms with Gasteiger partial charge >= 0.3 is 0 Å². The molecule has 1 aliphatic carbocycles. The van der Waals surface area contributed by atoms with E-state index >= 15 is 0 Å². The first-order valence-corrected chi connectivity index (χ1v) is 11.7. The van der Waals surface area contributed by atoms with Crippen LogP contribution in [-0.4, -0.2) is 68.2 Å². The molecule has 1 unspecified atom stereocenters. The highest BCUT2D eigenvalue weighted by Gasteiger charge is 2.46. The average Bonchev–Trinajstić information content (AvgIpc) is 3.44. The Morgan fingerprint density at radius 2 is 1.97 bits per heavy atom. The molecule has 5 heterocycles. The highest BCUT2D eigenvalue weighted by atomic mass is 16.2. The first-order valence-electron chi connectivity index (χ1n) is 11.7. The van der Waals surface area contributed by atoms with Crippen LogP contribution in [0.5, 0.6) is 0 Å². The van der Waals surface area contributed by atoms with Gasteiger partial charge in [-0.05, 0) is 32.1 Å². The van der Waals surface area contributed by atoms with Crippen LogP contribution in [0.1, 0.15) is 33.1 Å². The van der Waals surface area contributed by atoms with Gasteiger partial charge in [-0.2, -0.15) is 10.2 Å². The fourth-order valence-corrected chi connectivity index (χ4v) is 5.01. The van der Waals surface area contributed by atoms with Gasteiger partial charge in [-0.25, -0.2) is 4.68 Å². The zero-order valence-electron chi connectivity index (χ0n) is 20.7. The number of carbonyl (C=O) groups is 2. The molecule has 4 N–H and O–H groups in total. The molecule has 3 aliphatic heterocycles. The van der Waals surface area contributed by atoms with Crippen molar-refractivity contribution in [2.24, 2.45) is 23.7 Å². The van der Waals surface area contributed by atoms with Crippen molar-refractivity contribution in [2.75, 3.05) is 18.9 Å². The monoisotopic (exact) mass is 479 g/mol. The first-order chi connectivity index (χ1) is 16.7. The van der Waals surface area contributed by atoms with E-state index in [1.54, 1.807) is 28.8 Å². The molecule has 0 aromatic carbocycles. The van der Waals surface area contributed by atoms with Crippen molar-refractivity contribution in [3.8, 4) is 11.1 Å². The smallest absolute Gasteiger partial charge is 0.270 e. The molecule has 4 aliphatic rings. The molecule has 11 nitrogen and oxygen atoms in total. The molecule has 1 amide bonds. The zero-order chi connectivity index (χ0) is 25.3. The lowest BCUT2D eigenvalue weighted by molar-refractivity contribution is -0.147. The average molecular weight is 480 g/mol. The number of anilines is 1. The number of nitrogens with one attached hydrogen (secondary N) is 2. The largest absolute Gasteiger partial charge is 0.383 e. The van der Waals surface area contributed by atoms with Crippen molar-refractivity contribution in [1.82, 2.24) is 29.8 Å². The van der Waals surface area contributed by atoms with Gasteiger partial charge in [0.2, 0.25) is 0 Å². The lowest BCUT2D eigenvalue weighted by Crippen LogP contribution is -2.63. The number of rotatable bonds is 5. The third-order valence-corrected chi connectivity index (χ3v) is 6.72. The molecule has 2 saturated heterocycles. The second-order valence-corrected chi connectivity index (χ2v) is 9.34. The van der Waals surface area contributed by atoms with Crippen LogP contribution in [0, 0.1) is 5.92 Å². The molecule has 11 heteroatoms. The minimum Gasteiger partial charge on any atom is -0.383 e. The Labute approximate surface area is 204 Å². The van der Waals surface area contributed by atoms with Gasteiger partial charge in [0.1, 0.15) is 11.6 Å². The van der Waals surface area contributed by atoms with E-state index in [2.05, 4.69) is 39.3 Å². The Morgan fingerprint density at radius 1 is 1.26 bits per heavy atom. The van der Waals surface area contributed by atoms with Crippen molar-refractivity contribution >= 4 is 29.7 Å². The maximum atomic E-state index is 12.1. The second kappa shape index (κ2) is 9.77. The number of hydrogen-bond donors (Lipinski definition) is 3. The van der Waals surface area contributed by atoms with Crippen LogP contribution in [0.2, 0.25) is 0 Å². The summed E-state index contributed by atoms with van der Waals surface area (Å²) >= 11 is 0. The minimum atomic E-state index is -0.0472. The molecule has 2 aromatic heterocycles. The van der Waals surface area contributed by atoms with Gasteiger partial charge in [0, 0.05) is 50.0 Å². The van der Waals surface area contributed by atoms with Crippen molar-refractivity contribution < 1.29 is 9.59 Å². The lowest BCUT2D eigenvalue weighted by atomic mass is 9.74. The molecule has 2 aromatic rings. The number of aryl methyl sites for hydroxylation is 1. The predicted octanol–water partition coefficient (Wildman–Crippen LogP) is 1.57. The van der Waals surface area contributed by atoms with Gasteiger partial charge in [-0.15, -0.1) is 0 Å². The van der Waals surface area contributed by atoms with Crippen LogP contribution in [-0.2, 0) is 16.6 Å². The van der Waals surface area contributed by atoms with Crippen molar-refractivity contribution in [2.45, 2.75) is 45.2 Å². The molecule has 35 heavy (non-hydrogen) atoms. The quantitative estimate of drug-likeness (QED) is 0.336. The molecule has 6 rings (SSSR count). The van der Waals surface area contributed by atoms with Gasteiger partial charge in [-0.3, -0.25) is 19.3 Å². The number of hydrogen-bond acceptors (Lipinski definition) is 7. The van der Waals surface area contributed by atoms with Gasteiger partial charge in [0.15, 0.2) is 5.78 Å². The highest BCUT2D eigenvalue weighted by Crippen LogP contribution is 2.41. The topological polar surface area (TPSA) is 135 Å². The Bertz CT molecular complexity index is 1190. The number of nitrogens with two attached hydrogens (primary N) is 1. The SMILES string of the molecule is C=C(NC=NC)C(=O)N1[C@@H]2CC(C)C[C@H]1C2.CC(=O)C1=C(N)n2ncc(-c3cnn(C)c3)c2NC1. The van der Waals surface area contributed by atoms with E-state index in [0.717, 1.165) is 35.7 Å². The van der Waals surface area contributed by atoms with E-state index in [-0.39, 0.29) is 11.7 Å². The summed E-state index contributed by atoms with van der Waals surface area (Å²) in [5, 5.41) is 14.4. The second-order valence-electron chi connectivity index (χ2n) is 9.34. The van der Waals surface area contributed by atoms with Crippen molar-refractivity contribution in [3.63, 3.8) is 0 Å². The lowest BCUT2D eigenvalue weighted by Gasteiger charge is -2.55. The Hall–Kier alpha value is -3.89. The van der Waals surface area contributed by atoms with Crippen LogP contribution in [0.15, 0.2) is 41.4 Å². The molecule has 0 radical (unpaired) electrons. The zero-order valence-corrected chi connectivity index (χ0v) is 20.7. The standard InChI is InChI=1S/C12H14N6O.C12H19N3O/c1-7(19)9-4-14-12-10(5-16-18(12)11(9)13)8-3-15-17(2)6-8;1-8-4-10-6-11(5-8)15(10)12(16)9(2)14-7-13-3/h3,5-6,14H,4,13H2,1-2H3;7-8,10-11H,2,4-6H2,1,3H3,(H,13,14)/t;8?,10-,11+. The van der Waals surface area contributed by atoms with Crippen LogP contribution in [0.3, 0.4) is 0 Å².